The van der Waals surface area contributed by atoms with Gasteiger partial charge in [-0.05, 0) is 24.3 Å². The van der Waals surface area contributed by atoms with Crippen molar-refractivity contribution in [3.05, 3.63) is 47.5 Å². The van der Waals surface area contributed by atoms with Gasteiger partial charge in [-0.2, -0.15) is 18.3 Å². The summed E-state index contributed by atoms with van der Waals surface area (Å²) >= 11 is 0. The zero-order valence-electron chi connectivity index (χ0n) is 9.05. The topological polar surface area (TPSA) is 40.7 Å². The lowest BCUT2D eigenvalue weighted by atomic mass is 10.2. The maximum atomic E-state index is 13.0. The lowest BCUT2D eigenvalue weighted by Gasteiger charge is -2.11. The number of nitrogens with zero attached hydrogens (tertiary/aromatic N) is 1. The van der Waals surface area contributed by atoms with E-state index in [9.17, 15) is 17.6 Å². The van der Waals surface area contributed by atoms with Crippen molar-refractivity contribution in [2.24, 2.45) is 0 Å². The van der Waals surface area contributed by atoms with Crippen LogP contribution in [0.2, 0.25) is 0 Å². The molecule has 0 bridgehead atoms. The van der Waals surface area contributed by atoms with Crippen LogP contribution in [0.1, 0.15) is 11.3 Å². The Morgan fingerprint density at radius 1 is 1.22 bits per heavy atom. The van der Waals surface area contributed by atoms with Gasteiger partial charge in [0.05, 0.1) is 17.8 Å². The number of hydrogen-bond donors (Lipinski definition) is 2. The van der Waals surface area contributed by atoms with E-state index in [0.717, 1.165) is 12.1 Å². The van der Waals surface area contributed by atoms with Crippen LogP contribution in [0.3, 0.4) is 0 Å². The first kappa shape index (κ1) is 12.4. The van der Waals surface area contributed by atoms with E-state index in [4.69, 9.17) is 0 Å². The molecule has 0 radical (unpaired) electrons. The highest BCUT2D eigenvalue weighted by Crippen LogP contribution is 2.33. The number of aromatic nitrogens is 2. The fourth-order valence-corrected chi connectivity index (χ4v) is 1.43. The minimum absolute atomic E-state index is 0.193. The van der Waals surface area contributed by atoms with E-state index in [0.29, 0.717) is 5.69 Å². The number of nitrogens with one attached hydrogen (secondary N) is 2. The molecule has 2 aromatic rings. The average Bonchev–Trinajstić information content (AvgIpc) is 2.79. The van der Waals surface area contributed by atoms with Crippen LogP contribution in [-0.4, -0.2) is 10.2 Å². The molecule has 0 aliphatic rings. The third-order valence-electron chi connectivity index (χ3n) is 2.31. The highest BCUT2D eigenvalue weighted by Gasteiger charge is 2.34. The largest absolute Gasteiger partial charge is 0.419 e. The second kappa shape index (κ2) is 4.67. The van der Waals surface area contributed by atoms with E-state index in [-0.39, 0.29) is 12.2 Å². The summed E-state index contributed by atoms with van der Waals surface area (Å²) in [5, 5.41) is 9.10. The molecule has 0 aliphatic heterocycles. The zero-order chi connectivity index (χ0) is 13.2. The maximum Gasteiger partial charge on any atom is 0.419 e. The summed E-state index contributed by atoms with van der Waals surface area (Å²) in [6.45, 7) is 0.281. The van der Waals surface area contributed by atoms with Crippen molar-refractivity contribution in [1.82, 2.24) is 10.2 Å². The molecular weight excluding hydrogens is 250 g/mol. The fourth-order valence-electron chi connectivity index (χ4n) is 1.43. The monoisotopic (exact) mass is 259 g/mol. The molecule has 7 heteroatoms. The molecule has 0 saturated carbocycles. The quantitative estimate of drug-likeness (QED) is 0.831. The van der Waals surface area contributed by atoms with Crippen LogP contribution in [0.15, 0.2) is 30.5 Å². The third kappa shape index (κ3) is 2.79. The predicted octanol–water partition coefficient (Wildman–Crippen LogP) is 3.18. The van der Waals surface area contributed by atoms with E-state index in [1.807, 2.05) is 0 Å². The van der Waals surface area contributed by atoms with Crippen molar-refractivity contribution in [2.75, 3.05) is 5.32 Å². The molecule has 0 saturated heterocycles. The molecule has 2 rings (SSSR count). The van der Waals surface area contributed by atoms with Gasteiger partial charge in [0.25, 0.3) is 0 Å². The van der Waals surface area contributed by atoms with Crippen molar-refractivity contribution in [1.29, 1.82) is 0 Å². The zero-order valence-corrected chi connectivity index (χ0v) is 9.05. The van der Waals surface area contributed by atoms with Crippen LogP contribution in [-0.2, 0) is 12.7 Å². The van der Waals surface area contributed by atoms with E-state index in [1.165, 1.54) is 12.3 Å². The second-order valence-corrected chi connectivity index (χ2v) is 3.63. The molecule has 0 spiro atoms. The molecule has 0 unspecified atom stereocenters. The number of hydrogen-bond acceptors (Lipinski definition) is 2. The number of aromatic amines is 1. The molecule has 0 aliphatic carbocycles. The van der Waals surface area contributed by atoms with Crippen LogP contribution >= 0.6 is 0 Å². The summed E-state index contributed by atoms with van der Waals surface area (Å²) in [7, 11) is 0. The minimum atomic E-state index is -4.70. The molecule has 18 heavy (non-hydrogen) atoms. The van der Waals surface area contributed by atoms with Gasteiger partial charge in [-0.25, -0.2) is 4.39 Å². The normalized spacial score (nSPS) is 11.6. The van der Waals surface area contributed by atoms with Gasteiger partial charge < -0.3 is 5.32 Å². The first-order valence-electron chi connectivity index (χ1n) is 5.05. The van der Waals surface area contributed by atoms with Gasteiger partial charge in [0.1, 0.15) is 5.82 Å². The Balaban J connectivity index is 2.15. The van der Waals surface area contributed by atoms with Crippen LogP contribution in [0.5, 0.6) is 0 Å². The Morgan fingerprint density at radius 2 is 2.00 bits per heavy atom. The third-order valence-corrected chi connectivity index (χ3v) is 2.31. The average molecular weight is 259 g/mol. The van der Waals surface area contributed by atoms with Gasteiger partial charge in [-0.15, -0.1) is 0 Å². The smallest absolute Gasteiger partial charge is 0.379 e. The first-order valence-corrected chi connectivity index (χ1v) is 5.05. The van der Waals surface area contributed by atoms with E-state index >= 15 is 0 Å². The molecule has 3 nitrogen and oxygen atoms in total. The Morgan fingerprint density at radius 3 is 2.61 bits per heavy atom. The molecule has 0 fully saturated rings. The summed E-state index contributed by atoms with van der Waals surface area (Å²) < 4.78 is 50.4. The highest BCUT2D eigenvalue weighted by molar-refractivity contribution is 5.47. The molecule has 0 atom stereocenters. The van der Waals surface area contributed by atoms with Gasteiger partial charge in [-0.1, -0.05) is 0 Å². The lowest BCUT2D eigenvalue weighted by molar-refractivity contribution is -0.139. The molecule has 2 N–H and O–H groups in total. The maximum absolute atomic E-state index is 13.0. The summed E-state index contributed by atoms with van der Waals surface area (Å²) in [6, 6.07) is 4.46. The van der Waals surface area contributed by atoms with E-state index < -0.39 is 17.6 Å². The Kier molecular flexibility index (Phi) is 3.22. The van der Waals surface area contributed by atoms with Crippen molar-refractivity contribution >= 4 is 5.69 Å². The van der Waals surface area contributed by atoms with Gasteiger partial charge in [0.2, 0.25) is 0 Å². The Bertz CT molecular complexity index is 520. The lowest BCUT2D eigenvalue weighted by Crippen LogP contribution is -2.09. The van der Waals surface area contributed by atoms with Crippen molar-refractivity contribution in [2.45, 2.75) is 12.7 Å². The standard InChI is InChI=1S/C11H9F4N3/c12-10-2-1-7(5-9(10)11(13,14)15)16-6-8-3-4-17-18-8/h1-5,16H,6H2,(H,17,18). The van der Waals surface area contributed by atoms with Crippen molar-refractivity contribution in [3.63, 3.8) is 0 Å². The molecule has 0 amide bonds. The van der Waals surface area contributed by atoms with Gasteiger partial charge in [0.15, 0.2) is 0 Å². The van der Waals surface area contributed by atoms with Crippen molar-refractivity contribution < 1.29 is 17.6 Å². The van der Waals surface area contributed by atoms with Gasteiger partial charge >= 0.3 is 6.18 Å². The first-order chi connectivity index (χ1) is 8.47. The molecule has 1 aromatic heterocycles. The number of alkyl halides is 3. The predicted molar refractivity (Wildman–Crippen MR) is 57.3 cm³/mol. The number of rotatable bonds is 3. The Hall–Kier alpha value is -2.05. The van der Waals surface area contributed by atoms with Crippen LogP contribution in [0.25, 0.3) is 0 Å². The van der Waals surface area contributed by atoms with Crippen LogP contribution < -0.4 is 5.32 Å². The SMILES string of the molecule is Fc1ccc(NCc2ccn[nH]2)cc1C(F)(F)F. The van der Waals surface area contributed by atoms with E-state index in [2.05, 4.69) is 15.5 Å². The van der Waals surface area contributed by atoms with Crippen LogP contribution in [0, 0.1) is 5.82 Å². The number of halogens is 4. The number of benzene rings is 1. The minimum Gasteiger partial charge on any atom is -0.379 e. The fraction of sp³-hybridized carbons (Fsp3) is 0.182. The summed E-state index contributed by atoms with van der Waals surface area (Å²) in [6.07, 6.45) is -3.17. The van der Waals surface area contributed by atoms with Gasteiger partial charge in [0, 0.05) is 11.9 Å². The highest BCUT2D eigenvalue weighted by atomic mass is 19.4. The molecule has 1 aromatic carbocycles. The number of H-pyrrole nitrogens is 1. The van der Waals surface area contributed by atoms with E-state index in [1.54, 1.807) is 6.07 Å². The summed E-state index contributed by atoms with van der Waals surface area (Å²) in [5.41, 5.74) is -0.372. The number of anilines is 1. The van der Waals surface area contributed by atoms with Crippen LogP contribution in [0.4, 0.5) is 23.2 Å². The second-order valence-electron chi connectivity index (χ2n) is 3.63. The van der Waals surface area contributed by atoms with Crippen molar-refractivity contribution in [3.8, 4) is 0 Å². The molecule has 96 valence electrons. The summed E-state index contributed by atoms with van der Waals surface area (Å²) in [5.74, 6) is -1.28. The molecular formula is C11H9F4N3. The molecule has 1 heterocycles. The summed E-state index contributed by atoms with van der Waals surface area (Å²) in [4.78, 5) is 0. The Labute approximate surface area is 99.8 Å². The van der Waals surface area contributed by atoms with Gasteiger partial charge in [-0.3, -0.25) is 5.10 Å².